The van der Waals surface area contributed by atoms with Gasteiger partial charge in [-0.15, -0.1) is 0 Å². The topological polar surface area (TPSA) is 39.1 Å². The predicted octanol–water partition coefficient (Wildman–Crippen LogP) is 3.42. The van der Waals surface area contributed by atoms with Crippen molar-refractivity contribution in [3.05, 3.63) is 46.7 Å². The largest absolute Gasteiger partial charge is 0.487 e. The summed E-state index contributed by atoms with van der Waals surface area (Å²) >= 11 is 6.26. The van der Waals surface area contributed by atoms with Crippen molar-refractivity contribution in [1.29, 1.82) is 0 Å². The Bertz CT molecular complexity index is 568. The van der Waals surface area contributed by atoms with Gasteiger partial charge in [0.05, 0.1) is 11.2 Å². The lowest BCUT2D eigenvalue weighted by molar-refractivity contribution is 0.306. The third kappa shape index (κ3) is 3.52. The first-order chi connectivity index (χ1) is 9.63. The lowest BCUT2D eigenvalue weighted by Gasteiger charge is -2.13. The highest BCUT2D eigenvalue weighted by Gasteiger charge is 2.08. The van der Waals surface area contributed by atoms with Crippen LogP contribution in [0.15, 0.2) is 30.6 Å². The van der Waals surface area contributed by atoms with E-state index in [1.165, 1.54) is 0 Å². The fraction of sp³-hybridized carbons (Fsp3) is 0.400. The van der Waals surface area contributed by atoms with Crippen LogP contribution in [0.5, 0.6) is 5.75 Å². The molecule has 1 unspecified atom stereocenters. The molecule has 0 aliphatic rings. The summed E-state index contributed by atoms with van der Waals surface area (Å²) in [6.07, 6.45) is 3.79. The van der Waals surface area contributed by atoms with Crippen LogP contribution < -0.4 is 10.1 Å². The van der Waals surface area contributed by atoms with Crippen molar-refractivity contribution in [3.8, 4) is 5.75 Å². The first-order valence-corrected chi connectivity index (χ1v) is 7.12. The Hall–Kier alpha value is -1.52. The second-order valence-electron chi connectivity index (χ2n) is 4.69. The molecule has 1 heterocycles. The zero-order valence-corrected chi connectivity index (χ0v) is 12.8. The molecule has 0 bridgehead atoms. The lowest BCUT2D eigenvalue weighted by Crippen LogP contribution is -2.12. The number of nitrogens with one attached hydrogen (secondary N) is 1. The van der Waals surface area contributed by atoms with Gasteiger partial charge in [0.1, 0.15) is 12.4 Å². The predicted molar refractivity (Wildman–Crippen MR) is 81.2 cm³/mol. The van der Waals surface area contributed by atoms with Crippen LogP contribution in [-0.2, 0) is 13.2 Å². The molecular formula is C15H20ClN3O. The number of benzene rings is 1. The molecule has 0 aliphatic heterocycles. The average molecular weight is 294 g/mol. The van der Waals surface area contributed by atoms with Crippen LogP contribution in [0.2, 0.25) is 5.02 Å². The molecule has 4 nitrogen and oxygen atoms in total. The van der Waals surface area contributed by atoms with E-state index >= 15 is 0 Å². The van der Waals surface area contributed by atoms with Gasteiger partial charge in [-0.05, 0) is 38.6 Å². The summed E-state index contributed by atoms with van der Waals surface area (Å²) in [7, 11) is 1.92. The molecule has 20 heavy (non-hydrogen) atoms. The van der Waals surface area contributed by atoms with Crippen LogP contribution in [0.25, 0.3) is 0 Å². The van der Waals surface area contributed by atoms with Gasteiger partial charge in [-0.2, -0.15) is 5.10 Å². The van der Waals surface area contributed by atoms with Crippen molar-refractivity contribution in [3.63, 3.8) is 0 Å². The Morgan fingerprint density at radius 3 is 2.85 bits per heavy atom. The molecule has 0 saturated heterocycles. The maximum atomic E-state index is 6.26. The summed E-state index contributed by atoms with van der Waals surface area (Å²) in [5, 5.41) is 8.03. The highest BCUT2D eigenvalue weighted by molar-refractivity contribution is 6.32. The molecule has 1 aromatic heterocycles. The Labute approximate surface area is 124 Å². The second-order valence-corrected chi connectivity index (χ2v) is 5.10. The van der Waals surface area contributed by atoms with Crippen LogP contribution in [0.1, 0.15) is 31.0 Å². The number of hydrogen-bond acceptors (Lipinski definition) is 3. The van der Waals surface area contributed by atoms with Crippen LogP contribution in [0, 0.1) is 0 Å². The number of aromatic nitrogens is 2. The van der Waals surface area contributed by atoms with Gasteiger partial charge in [0.2, 0.25) is 0 Å². The number of ether oxygens (including phenoxy) is 1. The van der Waals surface area contributed by atoms with Crippen LogP contribution in [0.3, 0.4) is 0 Å². The number of halogens is 1. The molecule has 108 valence electrons. The third-order valence-corrected chi connectivity index (χ3v) is 3.59. The molecule has 0 fully saturated rings. The van der Waals surface area contributed by atoms with Crippen LogP contribution in [0.4, 0.5) is 0 Å². The summed E-state index contributed by atoms with van der Waals surface area (Å²) in [6, 6.07) is 6.14. The smallest absolute Gasteiger partial charge is 0.138 e. The third-order valence-electron chi connectivity index (χ3n) is 3.29. The molecule has 0 amide bonds. The zero-order chi connectivity index (χ0) is 14.5. The first kappa shape index (κ1) is 14.9. The van der Waals surface area contributed by atoms with E-state index in [0.717, 1.165) is 17.7 Å². The molecular weight excluding hydrogens is 274 g/mol. The van der Waals surface area contributed by atoms with Crippen molar-refractivity contribution >= 4 is 11.6 Å². The normalized spacial score (nSPS) is 12.4. The maximum absolute atomic E-state index is 6.26. The molecule has 2 rings (SSSR count). The van der Waals surface area contributed by atoms with Crippen LogP contribution >= 0.6 is 11.6 Å². The van der Waals surface area contributed by atoms with Crippen molar-refractivity contribution in [1.82, 2.24) is 15.1 Å². The fourth-order valence-electron chi connectivity index (χ4n) is 1.89. The first-order valence-electron chi connectivity index (χ1n) is 6.75. The van der Waals surface area contributed by atoms with E-state index in [0.29, 0.717) is 17.4 Å². The standard InChI is InChI=1S/C15H20ClN3O/c1-4-19-9-12(8-18-19)10-20-15-6-5-13(7-14(15)16)11(2)17-3/h5-9,11,17H,4,10H2,1-3H3. The summed E-state index contributed by atoms with van der Waals surface area (Å²) in [4.78, 5) is 0. The van der Waals surface area contributed by atoms with E-state index in [9.17, 15) is 0 Å². The fourth-order valence-corrected chi connectivity index (χ4v) is 2.13. The Morgan fingerprint density at radius 1 is 1.45 bits per heavy atom. The molecule has 1 atom stereocenters. The van der Waals surface area contributed by atoms with E-state index < -0.39 is 0 Å². The SMILES string of the molecule is CCn1cc(COc2ccc(C(C)NC)cc2Cl)cn1. The van der Waals surface area contributed by atoms with E-state index in [4.69, 9.17) is 16.3 Å². The van der Waals surface area contributed by atoms with Gasteiger partial charge >= 0.3 is 0 Å². The monoisotopic (exact) mass is 293 g/mol. The lowest BCUT2D eigenvalue weighted by atomic mass is 10.1. The van der Waals surface area contributed by atoms with Crippen LogP contribution in [-0.4, -0.2) is 16.8 Å². The number of nitrogens with zero attached hydrogens (tertiary/aromatic N) is 2. The quantitative estimate of drug-likeness (QED) is 0.887. The van der Waals surface area contributed by atoms with Crippen molar-refractivity contribution in [2.75, 3.05) is 7.05 Å². The number of hydrogen-bond donors (Lipinski definition) is 1. The minimum absolute atomic E-state index is 0.268. The van der Waals surface area contributed by atoms with E-state index in [-0.39, 0.29) is 6.04 Å². The Kier molecular flexibility index (Phi) is 5.04. The van der Waals surface area contributed by atoms with E-state index in [1.54, 1.807) is 0 Å². The Balaban J connectivity index is 2.02. The number of aryl methyl sites for hydroxylation is 1. The van der Waals surface area contributed by atoms with Gasteiger partial charge in [0.25, 0.3) is 0 Å². The molecule has 0 saturated carbocycles. The van der Waals surface area contributed by atoms with Gasteiger partial charge in [0.15, 0.2) is 0 Å². The molecule has 0 spiro atoms. The number of rotatable bonds is 6. The second kappa shape index (κ2) is 6.77. The minimum Gasteiger partial charge on any atom is -0.487 e. The van der Waals surface area contributed by atoms with Gasteiger partial charge < -0.3 is 10.1 Å². The van der Waals surface area contributed by atoms with Gasteiger partial charge in [-0.3, -0.25) is 4.68 Å². The highest BCUT2D eigenvalue weighted by atomic mass is 35.5. The average Bonchev–Trinajstić information content (AvgIpc) is 2.93. The molecule has 1 N–H and O–H groups in total. The van der Waals surface area contributed by atoms with Gasteiger partial charge in [-0.25, -0.2) is 0 Å². The Morgan fingerprint density at radius 2 is 2.25 bits per heavy atom. The van der Waals surface area contributed by atoms with Crippen molar-refractivity contribution < 1.29 is 4.74 Å². The van der Waals surface area contributed by atoms with Crippen molar-refractivity contribution in [2.45, 2.75) is 33.0 Å². The summed E-state index contributed by atoms with van der Waals surface area (Å²) in [5.41, 5.74) is 2.18. The molecule has 0 radical (unpaired) electrons. The van der Waals surface area contributed by atoms with E-state index in [2.05, 4.69) is 24.3 Å². The molecule has 2 aromatic rings. The molecule has 1 aromatic carbocycles. The van der Waals surface area contributed by atoms with E-state index in [1.807, 2.05) is 42.3 Å². The minimum atomic E-state index is 0.268. The molecule has 0 aliphatic carbocycles. The maximum Gasteiger partial charge on any atom is 0.138 e. The summed E-state index contributed by atoms with van der Waals surface area (Å²) in [6.45, 7) is 5.47. The summed E-state index contributed by atoms with van der Waals surface area (Å²) in [5.74, 6) is 0.697. The zero-order valence-electron chi connectivity index (χ0n) is 12.1. The van der Waals surface area contributed by atoms with Gasteiger partial charge in [-0.1, -0.05) is 17.7 Å². The summed E-state index contributed by atoms with van der Waals surface area (Å²) < 4.78 is 7.62. The molecule has 5 heteroatoms. The highest BCUT2D eigenvalue weighted by Crippen LogP contribution is 2.28. The van der Waals surface area contributed by atoms with Gasteiger partial charge in [0, 0.05) is 24.3 Å². The van der Waals surface area contributed by atoms with Crippen molar-refractivity contribution in [2.24, 2.45) is 0 Å².